The van der Waals surface area contributed by atoms with Gasteiger partial charge in [-0.1, -0.05) is 25.0 Å². The van der Waals surface area contributed by atoms with E-state index in [1.807, 2.05) is 24.3 Å². The smallest absolute Gasteiger partial charge is 0.253 e. The van der Waals surface area contributed by atoms with Crippen LogP contribution >= 0.6 is 11.8 Å². The largest absolute Gasteiger partial charge is 0.468 e. The quantitative estimate of drug-likeness (QED) is 0.789. The van der Waals surface area contributed by atoms with Crippen LogP contribution in [-0.4, -0.2) is 23.6 Å². The Hall–Kier alpha value is -2.21. The van der Waals surface area contributed by atoms with E-state index in [4.69, 9.17) is 4.42 Å². The molecule has 1 saturated carbocycles. The van der Waals surface area contributed by atoms with Crippen molar-refractivity contribution in [1.29, 1.82) is 0 Å². The fourth-order valence-electron chi connectivity index (χ4n) is 2.95. The number of nitrogens with one attached hydrogen (secondary N) is 2. The van der Waals surface area contributed by atoms with Gasteiger partial charge in [0, 0.05) is 6.04 Å². The molecule has 1 aliphatic rings. The van der Waals surface area contributed by atoms with Crippen LogP contribution in [0.1, 0.15) is 41.8 Å². The van der Waals surface area contributed by atoms with Crippen LogP contribution in [-0.2, 0) is 10.5 Å². The summed E-state index contributed by atoms with van der Waals surface area (Å²) in [6.45, 7) is 0. The third-order valence-electron chi connectivity index (χ3n) is 4.19. The van der Waals surface area contributed by atoms with Gasteiger partial charge in [-0.15, -0.1) is 11.8 Å². The Labute approximate surface area is 151 Å². The lowest BCUT2D eigenvalue weighted by Crippen LogP contribution is -2.33. The predicted molar refractivity (Wildman–Crippen MR) is 99.7 cm³/mol. The standard InChI is InChI=1S/C19H22N2O3S/c22-18(13-25-12-15-8-5-11-24-15)21-17-10-4-3-9-16(17)19(23)20-14-6-1-2-7-14/h3-5,8-11,14H,1-2,6-7,12-13H2,(H,20,23)(H,21,22). The summed E-state index contributed by atoms with van der Waals surface area (Å²) in [7, 11) is 0. The van der Waals surface area contributed by atoms with E-state index in [0.29, 0.717) is 22.8 Å². The summed E-state index contributed by atoms with van der Waals surface area (Å²) in [5, 5.41) is 5.91. The molecule has 0 radical (unpaired) electrons. The molecule has 2 aromatic rings. The Morgan fingerprint density at radius 3 is 2.68 bits per heavy atom. The molecule has 5 nitrogen and oxygen atoms in total. The number of carbonyl (C=O) groups excluding carboxylic acids is 2. The van der Waals surface area contributed by atoms with Gasteiger partial charge < -0.3 is 15.1 Å². The van der Waals surface area contributed by atoms with E-state index < -0.39 is 0 Å². The maximum Gasteiger partial charge on any atom is 0.253 e. The van der Waals surface area contributed by atoms with E-state index >= 15 is 0 Å². The number of furan rings is 1. The molecule has 25 heavy (non-hydrogen) atoms. The predicted octanol–water partition coefficient (Wildman–Crippen LogP) is 3.82. The maximum atomic E-state index is 12.5. The molecule has 1 aromatic carbocycles. The number of hydrogen-bond donors (Lipinski definition) is 2. The molecule has 132 valence electrons. The molecule has 0 atom stereocenters. The normalized spacial score (nSPS) is 14.4. The summed E-state index contributed by atoms with van der Waals surface area (Å²) in [5.74, 6) is 1.54. The number of carbonyl (C=O) groups is 2. The van der Waals surface area contributed by atoms with E-state index in [1.54, 1.807) is 18.4 Å². The fraction of sp³-hybridized carbons (Fsp3) is 0.368. The van der Waals surface area contributed by atoms with Crippen LogP contribution in [0, 0.1) is 0 Å². The van der Waals surface area contributed by atoms with Crippen LogP contribution in [0.4, 0.5) is 5.69 Å². The van der Waals surface area contributed by atoms with Crippen molar-refractivity contribution in [3.8, 4) is 0 Å². The second kappa shape index (κ2) is 8.76. The Kier molecular flexibility index (Phi) is 6.17. The Bertz CT molecular complexity index is 709. The third kappa shape index (κ3) is 5.13. The van der Waals surface area contributed by atoms with Crippen LogP contribution in [0.3, 0.4) is 0 Å². The van der Waals surface area contributed by atoms with Gasteiger partial charge in [-0.2, -0.15) is 0 Å². The molecule has 1 aromatic heterocycles. The summed E-state index contributed by atoms with van der Waals surface area (Å²) in [5.41, 5.74) is 1.07. The van der Waals surface area contributed by atoms with Crippen LogP contribution in [0.25, 0.3) is 0 Å². The molecular formula is C19H22N2O3S. The topological polar surface area (TPSA) is 71.3 Å². The Balaban J connectivity index is 1.54. The lowest BCUT2D eigenvalue weighted by molar-refractivity contribution is -0.113. The highest BCUT2D eigenvalue weighted by Crippen LogP contribution is 2.21. The number of amides is 2. The van der Waals surface area contributed by atoms with E-state index in [9.17, 15) is 9.59 Å². The molecule has 6 heteroatoms. The molecule has 2 N–H and O–H groups in total. The SMILES string of the molecule is O=C(CSCc1ccco1)Nc1ccccc1C(=O)NC1CCCC1. The van der Waals surface area contributed by atoms with Gasteiger partial charge in [0.05, 0.1) is 29.0 Å². The first kappa shape index (κ1) is 17.6. The van der Waals surface area contributed by atoms with Gasteiger partial charge in [0.25, 0.3) is 5.91 Å². The van der Waals surface area contributed by atoms with Crippen molar-refractivity contribution in [3.63, 3.8) is 0 Å². The Morgan fingerprint density at radius 1 is 1.12 bits per heavy atom. The molecule has 1 aliphatic carbocycles. The number of rotatable bonds is 7. The van der Waals surface area contributed by atoms with Crippen molar-refractivity contribution in [1.82, 2.24) is 5.32 Å². The molecule has 1 heterocycles. The summed E-state index contributed by atoms with van der Waals surface area (Å²) in [6.07, 6.45) is 6.01. The molecule has 0 saturated heterocycles. The molecule has 3 rings (SSSR count). The lowest BCUT2D eigenvalue weighted by Gasteiger charge is -2.15. The van der Waals surface area contributed by atoms with E-state index in [-0.39, 0.29) is 17.9 Å². The highest BCUT2D eigenvalue weighted by molar-refractivity contribution is 7.99. The minimum Gasteiger partial charge on any atom is -0.468 e. The van der Waals surface area contributed by atoms with Crippen molar-refractivity contribution in [2.45, 2.75) is 37.5 Å². The van der Waals surface area contributed by atoms with E-state index in [1.165, 1.54) is 11.8 Å². The lowest BCUT2D eigenvalue weighted by atomic mass is 10.1. The summed E-state index contributed by atoms with van der Waals surface area (Å²) in [4.78, 5) is 24.7. The molecule has 0 aliphatic heterocycles. The van der Waals surface area contributed by atoms with Gasteiger partial charge >= 0.3 is 0 Å². The van der Waals surface area contributed by atoms with Crippen molar-refractivity contribution >= 4 is 29.3 Å². The van der Waals surface area contributed by atoms with E-state index in [0.717, 1.165) is 31.4 Å². The Morgan fingerprint density at radius 2 is 1.92 bits per heavy atom. The average molecular weight is 358 g/mol. The molecular weight excluding hydrogens is 336 g/mol. The van der Waals surface area contributed by atoms with Crippen molar-refractivity contribution < 1.29 is 14.0 Å². The summed E-state index contributed by atoms with van der Waals surface area (Å²) < 4.78 is 5.24. The zero-order valence-electron chi connectivity index (χ0n) is 14.0. The fourth-order valence-corrected chi connectivity index (χ4v) is 3.67. The van der Waals surface area contributed by atoms with E-state index in [2.05, 4.69) is 10.6 Å². The number of thioether (sulfide) groups is 1. The molecule has 1 fully saturated rings. The molecule has 0 unspecified atom stereocenters. The van der Waals surface area contributed by atoms with Crippen LogP contribution in [0.5, 0.6) is 0 Å². The first-order valence-electron chi connectivity index (χ1n) is 8.52. The van der Waals surface area contributed by atoms with Gasteiger partial charge in [0.1, 0.15) is 5.76 Å². The zero-order chi connectivity index (χ0) is 17.5. The molecule has 2 amide bonds. The van der Waals surface area contributed by atoms with Crippen molar-refractivity contribution in [2.75, 3.05) is 11.1 Å². The summed E-state index contributed by atoms with van der Waals surface area (Å²) in [6, 6.07) is 11.1. The van der Waals surface area contributed by atoms with Crippen molar-refractivity contribution in [2.24, 2.45) is 0 Å². The third-order valence-corrected chi connectivity index (χ3v) is 5.15. The zero-order valence-corrected chi connectivity index (χ0v) is 14.8. The maximum absolute atomic E-state index is 12.5. The minimum absolute atomic E-state index is 0.119. The second-order valence-electron chi connectivity index (χ2n) is 6.12. The molecule has 0 bridgehead atoms. The number of para-hydroxylation sites is 1. The summed E-state index contributed by atoms with van der Waals surface area (Å²) >= 11 is 1.47. The number of anilines is 1. The number of hydrogen-bond acceptors (Lipinski definition) is 4. The second-order valence-corrected chi connectivity index (χ2v) is 7.11. The van der Waals surface area contributed by atoms with Gasteiger partial charge in [-0.3, -0.25) is 9.59 Å². The minimum atomic E-state index is -0.127. The monoisotopic (exact) mass is 358 g/mol. The van der Waals surface area contributed by atoms with Gasteiger partial charge in [0.15, 0.2) is 0 Å². The van der Waals surface area contributed by atoms with Gasteiger partial charge in [-0.05, 0) is 37.1 Å². The van der Waals surface area contributed by atoms with Crippen LogP contribution in [0.15, 0.2) is 47.1 Å². The first-order chi connectivity index (χ1) is 12.2. The van der Waals surface area contributed by atoms with Crippen LogP contribution < -0.4 is 10.6 Å². The van der Waals surface area contributed by atoms with Crippen LogP contribution in [0.2, 0.25) is 0 Å². The highest BCUT2D eigenvalue weighted by Gasteiger charge is 2.20. The number of benzene rings is 1. The highest BCUT2D eigenvalue weighted by atomic mass is 32.2. The first-order valence-corrected chi connectivity index (χ1v) is 9.68. The van der Waals surface area contributed by atoms with Gasteiger partial charge in [0.2, 0.25) is 5.91 Å². The average Bonchev–Trinajstić information content (AvgIpc) is 3.29. The van der Waals surface area contributed by atoms with Crippen molar-refractivity contribution in [3.05, 3.63) is 54.0 Å². The van der Waals surface area contributed by atoms with Gasteiger partial charge in [-0.25, -0.2) is 0 Å². The molecule has 0 spiro atoms.